The summed E-state index contributed by atoms with van der Waals surface area (Å²) >= 11 is 0. The van der Waals surface area contributed by atoms with E-state index < -0.39 is 60.4 Å². The molecule has 0 radical (unpaired) electrons. The highest BCUT2D eigenvalue weighted by molar-refractivity contribution is 5.87. The first-order valence-electron chi connectivity index (χ1n) is 10.6. The van der Waals surface area contributed by atoms with Gasteiger partial charge >= 0.3 is 17.9 Å². The number of hydrogen-bond donors (Lipinski definition) is 0. The van der Waals surface area contributed by atoms with E-state index in [1.807, 2.05) is 25.7 Å². The van der Waals surface area contributed by atoms with Crippen molar-refractivity contribution in [2.24, 2.45) is 17.8 Å². The maximum absolute atomic E-state index is 13.0. The van der Waals surface area contributed by atoms with Crippen molar-refractivity contribution in [3.63, 3.8) is 0 Å². The van der Waals surface area contributed by atoms with Crippen LogP contribution in [0.4, 0.5) is 0 Å². The Hall–Kier alpha value is -1.75. The second-order valence-corrected chi connectivity index (χ2v) is 8.37. The van der Waals surface area contributed by atoms with E-state index in [-0.39, 0.29) is 12.5 Å². The highest BCUT2D eigenvalue weighted by Crippen LogP contribution is 2.51. The molecule has 0 aliphatic carbocycles. The normalized spacial score (nSPS) is 36.1. The Morgan fingerprint density at radius 3 is 2.57 bits per heavy atom. The zero-order valence-corrected chi connectivity index (χ0v) is 17.5. The third kappa shape index (κ3) is 3.93. The third-order valence-corrected chi connectivity index (χ3v) is 6.01. The number of hydrogen-bond acceptors (Lipinski definition) is 10. The molecule has 4 heterocycles. The minimum absolute atomic E-state index is 0.0566. The summed E-state index contributed by atoms with van der Waals surface area (Å²) in [5, 5.41) is 0. The van der Waals surface area contributed by atoms with Crippen LogP contribution in [0.15, 0.2) is 0 Å². The molecule has 10 heteroatoms. The fraction of sp³-hybridized carbons (Fsp3) is 0.850. The summed E-state index contributed by atoms with van der Waals surface area (Å²) in [5.41, 5.74) is 0. The lowest BCUT2D eigenvalue weighted by atomic mass is 9.78. The molecule has 0 saturated carbocycles. The summed E-state index contributed by atoms with van der Waals surface area (Å²) in [6.07, 6.45) is -3.61. The van der Waals surface area contributed by atoms with Gasteiger partial charge in [0.2, 0.25) is 6.29 Å². The van der Waals surface area contributed by atoms with Crippen molar-refractivity contribution in [2.75, 3.05) is 39.5 Å². The largest absolute Gasteiger partial charge is 0.455 e. The van der Waals surface area contributed by atoms with Gasteiger partial charge in [-0.2, -0.15) is 0 Å². The fourth-order valence-corrected chi connectivity index (χ4v) is 4.59. The van der Waals surface area contributed by atoms with E-state index in [9.17, 15) is 14.4 Å². The molecule has 2 bridgehead atoms. The van der Waals surface area contributed by atoms with E-state index in [0.717, 1.165) is 0 Å². The van der Waals surface area contributed by atoms with E-state index in [1.165, 1.54) is 0 Å². The van der Waals surface area contributed by atoms with Crippen LogP contribution in [-0.4, -0.2) is 93.0 Å². The van der Waals surface area contributed by atoms with Gasteiger partial charge in [-0.05, 0) is 6.92 Å². The van der Waals surface area contributed by atoms with E-state index >= 15 is 0 Å². The molecule has 0 N–H and O–H groups in total. The summed E-state index contributed by atoms with van der Waals surface area (Å²) in [7, 11) is 0. The second-order valence-electron chi connectivity index (χ2n) is 8.37. The average molecular weight is 427 g/mol. The molecule has 4 aliphatic rings. The SMILES string of the molecule is CCOC(OC(=O)C1C2OC3C(OC(=O)C31)C2OC(=O)CN1CCOCC1)C(C)C. The molecule has 0 aromatic rings. The van der Waals surface area contributed by atoms with Crippen LogP contribution < -0.4 is 0 Å². The van der Waals surface area contributed by atoms with Gasteiger partial charge in [-0.3, -0.25) is 19.3 Å². The first kappa shape index (κ1) is 21.5. The first-order valence-corrected chi connectivity index (χ1v) is 10.6. The minimum Gasteiger partial charge on any atom is -0.455 e. The fourth-order valence-electron chi connectivity index (χ4n) is 4.59. The van der Waals surface area contributed by atoms with Crippen LogP contribution in [0.1, 0.15) is 20.8 Å². The van der Waals surface area contributed by atoms with Crippen LogP contribution in [0.3, 0.4) is 0 Å². The molecule has 0 aromatic heterocycles. The van der Waals surface area contributed by atoms with Gasteiger partial charge in [0.25, 0.3) is 0 Å². The van der Waals surface area contributed by atoms with Gasteiger partial charge in [-0.25, -0.2) is 0 Å². The lowest BCUT2D eigenvalue weighted by Crippen LogP contribution is -2.50. The molecule has 4 aliphatic heterocycles. The van der Waals surface area contributed by atoms with Gasteiger partial charge < -0.3 is 28.4 Å². The van der Waals surface area contributed by atoms with E-state index in [4.69, 9.17) is 28.4 Å². The van der Waals surface area contributed by atoms with Gasteiger partial charge in [0.15, 0.2) is 12.2 Å². The molecule has 10 nitrogen and oxygen atoms in total. The number of esters is 3. The molecular weight excluding hydrogens is 398 g/mol. The van der Waals surface area contributed by atoms with Gasteiger partial charge in [0.05, 0.1) is 19.8 Å². The van der Waals surface area contributed by atoms with Gasteiger partial charge in [0.1, 0.15) is 24.0 Å². The van der Waals surface area contributed by atoms with Crippen molar-refractivity contribution in [1.82, 2.24) is 4.90 Å². The zero-order chi connectivity index (χ0) is 21.4. The molecule has 168 valence electrons. The number of ether oxygens (including phenoxy) is 6. The first-order chi connectivity index (χ1) is 14.4. The Labute approximate surface area is 175 Å². The van der Waals surface area contributed by atoms with Crippen LogP contribution in [0.2, 0.25) is 0 Å². The summed E-state index contributed by atoms with van der Waals surface area (Å²) in [6, 6.07) is 0. The third-order valence-electron chi connectivity index (χ3n) is 6.01. The summed E-state index contributed by atoms with van der Waals surface area (Å²) in [5.74, 6) is -3.23. The van der Waals surface area contributed by atoms with Crippen LogP contribution >= 0.6 is 0 Å². The highest BCUT2D eigenvalue weighted by atomic mass is 16.7. The van der Waals surface area contributed by atoms with Gasteiger partial charge in [-0.1, -0.05) is 13.8 Å². The summed E-state index contributed by atoms with van der Waals surface area (Å²) in [6.45, 7) is 8.48. The molecule has 7 atom stereocenters. The minimum atomic E-state index is -0.885. The Balaban J connectivity index is 1.43. The standard InChI is InChI=1S/C20H29NO9/c1-4-26-20(10(2)3)30-19(24)13-12-15-17(29-18(12)23)16(14(13)28-15)27-11(22)9-21-5-7-25-8-6-21/h10,12-17,20H,4-9H2,1-3H3. The molecule has 30 heavy (non-hydrogen) atoms. The molecule has 4 fully saturated rings. The lowest BCUT2D eigenvalue weighted by molar-refractivity contribution is -0.197. The lowest BCUT2D eigenvalue weighted by Gasteiger charge is -2.30. The van der Waals surface area contributed by atoms with E-state index in [2.05, 4.69) is 0 Å². The summed E-state index contributed by atoms with van der Waals surface area (Å²) in [4.78, 5) is 39.8. The van der Waals surface area contributed by atoms with E-state index in [0.29, 0.717) is 32.9 Å². The second kappa shape index (κ2) is 8.78. The quantitative estimate of drug-likeness (QED) is 0.292. The number of fused-ring (bicyclic) bond motifs is 1. The topological polar surface area (TPSA) is 110 Å². The zero-order valence-electron chi connectivity index (χ0n) is 17.5. The monoisotopic (exact) mass is 427 g/mol. The maximum atomic E-state index is 13.0. The predicted molar refractivity (Wildman–Crippen MR) is 99.0 cm³/mol. The van der Waals surface area contributed by atoms with Gasteiger partial charge in [-0.15, -0.1) is 0 Å². The molecule has 4 rings (SSSR count). The predicted octanol–water partition coefficient (Wildman–Crippen LogP) is -0.269. The molecule has 4 saturated heterocycles. The van der Waals surface area contributed by atoms with E-state index in [1.54, 1.807) is 0 Å². The Bertz CT molecular complexity index is 677. The highest BCUT2D eigenvalue weighted by Gasteiger charge is 2.72. The Morgan fingerprint density at radius 2 is 1.90 bits per heavy atom. The Kier molecular flexibility index (Phi) is 6.29. The molecule has 0 spiro atoms. The summed E-state index contributed by atoms with van der Waals surface area (Å²) < 4.78 is 33.2. The maximum Gasteiger partial charge on any atom is 0.320 e. The molecule has 7 unspecified atom stereocenters. The van der Waals surface area contributed by atoms with Crippen molar-refractivity contribution < 1.29 is 42.8 Å². The smallest absolute Gasteiger partial charge is 0.320 e. The van der Waals surface area contributed by atoms with Crippen molar-refractivity contribution >= 4 is 17.9 Å². The number of carbonyl (C=O) groups excluding carboxylic acids is 3. The van der Waals surface area contributed by atoms with Crippen molar-refractivity contribution in [2.45, 2.75) is 51.5 Å². The Morgan fingerprint density at radius 1 is 1.17 bits per heavy atom. The number of morpholine rings is 1. The average Bonchev–Trinajstić information content (AvgIpc) is 3.32. The number of rotatable bonds is 8. The van der Waals surface area contributed by atoms with Crippen molar-refractivity contribution in [3.05, 3.63) is 0 Å². The van der Waals surface area contributed by atoms with Crippen molar-refractivity contribution in [3.8, 4) is 0 Å². The van der Waals surface area contributed by atoms with Crippen molar-refractivity contribution in [1.29, 1.82) is 0 Å². The van der Waals surface area contributed by atoms with Crippen LogP contribution in [0, 0.1) is 17.8 Å². The molecular formula is C20H29NO9. The number of carbonyl (C=O) groups is 3. The van der Waals surface area contributed by atoms with Crippen LogP contribution in [0.25, 0.3) is 0 Å². The van der Waals surface area contributed by atoms with Crippen LogP contribution in [0.5, 0.6) is 0 Å². The van der Waals surface area contributed by atoms with Crippen LogP contribution in [-0.2, 0) is 42.8 Å². The van der Waals surface area contributed by atoms with Gasteiger partial charge in [0, 0.05) is 25.6 Å². The molecule has 0 aromatic carbocycles. The number of nitrogens with zero attached hydrogens (tertiary/aromatic N) is 1. The molecule has 0 amide bonds.